The van der Waals surface area contributed by atoms with Gasteiger partial charge in [0.25, 0.3) is 5.91 Å². The minimum atomic E-state index is -3.55. The van der Waals surface area contributed by atoms with E-state index in [-0.39, 0.29) is 18.5 Å². The zero-order valence-corrected chi connectivity index (χ0v) is 19.2. The van der Waals surface area contributed by atoms with Gasteiger partial charge < -0.3 is 5.32 Å². The van der Waals surface area contributed by atoms with Crippen molar-refractivity contribution in [2.45, 2.75) is 26.4 Å². The van der Waals surface area contributed by atoms with Crippen LogP contribution in [0.15, 0.2) is 72.8 Å². The van der Waals surface area contributed by atoms with E-state index in [0.29, 0.717) is 21.8 Å². The molecule has 0 aliphatic carbocycles. The van der Waals surface area contributed by atoms with Crippen LogP contribution in [0.1, 0.15) is 40.0 Å². The summed E-state index contributed by atoms with van der Waals surface area (Å²) in [6.45, 7) is 4.04. The lowest BCUT2D eigenvalue weighted by Crippen LogP contribution is -2.30. The second kappa shape index (κ2) is 9.54. The van der Waals surface area contributed by atoms with Crippen LogP contribution >= 0.6 is 11.6 Å². The summed E-state index contributed by atoms with van der Waals surface area (Å²) in [5, 5.41) is 3.47. The number of anilines is 1. The minimum Gasteiger partial charge on any atom is -0.346 e. The van der Waals surface area contributed by atoms with Crippen molar-refractivity contribution < 1.29 is 13.2 Å². The first-order valence-electron chi connectivity index (χ1n) is 9.84. The number of aryl methyl sites for hydroxylation is 1. The molecule has 0 saturated heterocycles. The molecule has 0 bridgehead atoms. The van der Waals surface area contributed by atoms with Crippen LogP contribution in [-0.4, -0.2) is 20.6 Å². The van der Waals surface area contributed by atoms with E-state index in [1.165, 1.54) is 4.31 Å². The zero-order chi connectivity index (χ0) is 22.6. The quantitative estimate of drug-likeness (QED) is 0.537. The predicted molar refractivity (Wildman–Crippen MR) is 126 cm³/mol. The third kappa shape index (κ3) is 5.87. The largest absolute Gasteiger partial charge is 0.346 e. The highest BCUT2D eigenvalue weighted by molar-refractivity contribution is 7.92. The lowest BCUT2D eigenvalue weighted by atomic mass is 10.1. The van der Waals surface area contributed by atoms with Crippen molar-refractivity contribution in [2.24, 2.45) is 0 Å². The number of rotatable bonds is 7. The Morgan fingerprint density at radius 1 is 1.00 bits per heavy atom. The van der Waals surface area contributed by atoms with Crippen LogP contribution in [0, 0.1) is 6.92 Å². The number of nitrogens with one attached hydrogen (secondary N) is 1. The van der Waals surface area contributed by atoms with Gasteiger partial charge in [-0.1, -0.05) is 59.6 Å². The highest BCUT2D eigenvalue weighted by Gasteiger charge is 2.20. The second-order valence-electron chi connectivity index (χ2n) is 7.51. The van der Waals surface area contributed by atoms with Crippen LogP contribution in [0.4, 0.5) is 5.69 Å². The van der Waals surface area contributed by atoms with E-state index in [1.54, 1.807) is 42.5 Å². The summed E-state index contributed by atoms with van der Waals surface area (Å²) in [6.07, 6.45) is 1.15. The van der Waals surface area contributed by atoms with Gasteiger partial charge in [0, 0.05) is 10.6 Å². The van der Waals surface area contributed by atoms with Crippen LogP contribution in [0.2, 0.25) is 5.02 Å². The first-order valence-corrected chi connectivity index (χ1v) is 12.1. The number of carbonyl (C=O) groups is 1. The van der Waals surface area contributed by atoms with E-state index in [0.717, 1.165) is 17.4 Å². The van der Waals surface area contributed by atoms with Gasteiger partial charge in [-0.3, -0.25) is 9.10 Å². The van der Waals surface area contributed by atoms with Crippen molar-refractivity contribution in [3.05, 3.63) is 100 Å². The Labute approximate surface area is 188 Å². The van der Waals surface area contributed by atoms with E-state index in [1.807, 2.05) is 44.2 Å². The smallest absolute Gasteiger partial charge is 0.251 e. The first kappa shape index (κ1) is 22.8. The van der Waals surface area contributed by atoms with Gasteiger partial charge in [0.05, 0.1) is 24.5 Å². The number of carbonyl (C=O) groups excluding carboxylic acids is 1. The molecule has 1 N–H and O–H groups in total. The van der Waals surface area contributed by atoms with Crippen molar-refractivity contribution in [2.75, 3.05) is 10.6 Å². The van der Waals surface area contributed by atoms with Crippen LogP contribution in [0.25, 0.3) is 0 Å². The maximum Gasteiger partial charge on any atom is 0.251 e. The van der Waals surface area contributed by atoms with Crippen molar-refractivity contribution in [3.8, 4) is 0 Å². The summed E-state index contributed by atoms with van der Waals surface area (Å²) in [5.74, 6) is -0.225. The Hall–Kier alpha value is -2.83. The summed E-state index contributed by atoms with van der Waals surface area (Å²) < 4.78 is 26.1. The molecule has 31 heavy (non-hydrogen) atoms. The summed E-state index contributed by atoms with van der Waals surface area (Å²) in [6, 6.07) is 21.4. The summed E-state index contributed by atoms with van der Waals surface area (Å²) in [5.41, 5.74) is 3.78. The topological polar surface area (TPSA) is 66.5 Å². The molecule has 3 rings (SSSR count). The van der Waals surface area contributed by atoms with Crippen LogP contribution in [-0.2, 0) is 16.6 Å². The van der Waals surface area contributed by atoms with Gasteiger partial charge in [-0.25, -0.2) is 8.42 Å². The Kier molecular flexibility index (Phi) is 7.03. The molecule has 0 spiro atoms. The third-order valence-corrected chi connectivity index (χ3v) is 6.52. The van der Waals surface area contributed by atoms with Crippen molar-refractivity contribution in [3.63, 3.8) is 0 Å². The lowest BCUT2D eigenvalue weighted by Gasteiger charge is -2.23. The first-order chi connectivity index (χ1) is 14.6. The molecule has 3 aromatic rings. The van der Waals surface area contributed by atoms with Crippen LogP contribution in [0.3, 0.4) is 0 Å². The van der Waals surface area contributed by atoms with Gasteiger partial charge in [-0.2, -0.15) is 0 Å². The fourth-order valence-corrected chi connectivity index (χ4v) is 4.25. The fraction of sp³-hybridized carbons (Fsp3) is 0.208. The molecule has 3 aromatic carbocycles. The fourth-order valence-electron chi connectivity index (χ4n) is 3.18. The molecule has 0 unspecified atom stereocenters. The molecule has 5 nitrogen and oxygen atoms in total. The van der Waals surface area contributed by atoms with E-state index in [2.05, 4.69) is 5.32 Å². The van der Waals surface area contributed by atoms with Gasteiger partial charge >= 0.3 is 0 Å². The molecule has 0 heterocycles. The standard InChI is InChI=1S/C24H25ClN2O3S/c1-17-8-10-19(11-9-17)18(2)26-24(28)20-12-14-22(15-13-20)27(31(3,29)30)16-21-6-4-5-7-23(21)25/h4-15,18H,16H2,1-3H3,(H,26,28)/t18-/m0/s1. The highest BCUT2D eigenvalue weighted by atomic mass is 35.5. The summed E-state index contributed by atoms with van der Waals surface area (Å²) in [7, 11) is -3.55. The maximum atomic E-state index is 12.6. The average Bonchev–Trinajstić information content (AvgIpc) is 2.73. The van der Waals surface area contributed by atoms with E-state index in [4.69, 9.17) is 11.6 Å². The number of halogens is 1. The van der Waals surface area contributed by atoms with Crippen LogP contribution < -0.4 is 9.62 Å². The summed E-state index contributed by atoms with van der Waals surface area (Å²) in [4.78, 5) is 12.6. The van der Waals surface area contributed by atoms with Gasteiger partial charge in [0.1, 0.15) is 0 Å². The molecule has 162 valence electrons. The molecule has 0 aliphatic rings. The van der Waals surface area contributed by atoms with E-state index < -0.39 is 10.0 Å². The Morgan fingerprint density at radius 2 is 1.61 bits per heavy atom. The molecular formula is C24H25ClN2O3S. The second-order valence-corrected chi connectivity index (χ2v) is 9.83. The van der Waals surface area contributed by atoms with E-state index >= 15 is 0 Å². The number of sulfonamides is 1. The molecule has 1 amide bonds. The monoisotopic (exact) mass is 456 g/mol. The summed E-state index contributed by atoms with van der Waals surface area (Å²) >= 11 is 6.21. The molecule has 7 heteroatoms. The highest BCUT2D eigenvalue weighted by Crippen LogP contribution is 2.25. The van der Waals surface area contributed by atoms with Gasteiger partial charge in [0.2, 0.25) is 10.0 Å². The van der Waals surface area contributed by atoms with Crippen molar-refractivity contribution in [1.29, 1.82) is 0 Å². The molecule has 0 aliphatic heterocycles. The van der Waals surface area contributed by atoms with Gasteiger partial charge in [0.15, 0.2) is 0 Å². The van der Waals surface area contributed by atoms with Crippen LogP contribution in [0.5, 0.6) is 0 Å². The molecule has 1 atom stereocenters. The number of hydrogen-bond acceptors (Lipinski definition) is 3. The van der Waals surface area contributed by atoms with Gasteiger partial charge in [-0.05, 0) is 55.3 Å². The SMILES string of the molecule is Cc1ccc([C@H](C)NC(=O)c2ccc(N(Cc3ccccc3Cl)S(C)(=O)=O)cc2)cc1. The molecule has 0 aromatic heterocycles. The Bertz CT molecular complexity index is 1160. The average molecular weight is 457 g/mol. The third-order valence-electron chi connectivity index (χ3n) is 5.01. The molecular weight excluding hydrogens is 432 g/mol. The molecule has 0 saturated carbocycles. The number of amides is 1. The van der Waals surface area contributed by atoms with Gasteiger partial charge in [-0.15, -0.1) is 0 Å². The Morgan fingerprint density at radius 3 is 2.19 bits per heavy atom. The lowest BCUT2D eigenvalue weighted by molar-refractivity contribution is 0.0940. The minimum absolute atomic E-state index is 0.106. The normalized spacial score (nSPS) is 12.3. The zero-order valence-electron chi connectivity index (χ0n) is 17.7. The van der Waals surface area contributed by atoms with E-state index in [9.17, 15) is 13.2 Å². The maximum absolute atomic E-state index is 12.6. The predicted octanol–water partition coefficient (Wildman–Crippen LogP) is 5.11. The number of nitrogens with zero attached hydrogens (tertiary/aromatic N) is 1. The van der Waals surface area contributed by atoms with Crippen molar-refractivity contribution in [1.82, 2.24) is 5.32 Å². The number of hydrogen-bond donors (Lipinski definition) is 1. The number of benzene rings is 3. The van der Waals surface area contributed by atoms with Crippen molar-refractivity contribution >= 4 is 33.2 Å². The Balaban J connectivity index is 1.77. The molecule has 0 fully saturated rings. The molecule has 0 radical (unpaired) electrons.